The summed E-state index contributed by atoms with van der Waals surface area (Å²) in [5, 5.41) is 11.6. The van der Waals surface area contributed by atoms with Gasteiger partial charge in [0.05, 0.1) is 4.88 Å². The molecule has 1 heterocycles. The highest BCUT2D eigenvalue weighted by atomic mass is 32.1. The lowest BCUT2D eigenvalue weighted by Crippen LogP contribution is -2.54. The Morgan fingerprint density at radius 3 is 2.43 bits per heavy atom. The second-order valence-electron chi connectivity index (χ2n) is 7.42. The van der Waals surface area contributed by atoms with Gasteiger partial charge in [-0.3, -0.25) is 9.69 Å². The number of carbonyl (C=O) groups is 2. The van der Waals surface area contributed by atoms with E-state index >= 15 is 0 Å². The summed E-state index contributed by atoms with van der Waals surface area (Å²) in [7, 11) is 0. The van der Waals surface area contributed by atoms with Crippen LogP contribution in [0.25, 0.3) is 0 Å². The molecule has 1 aliphatic carbocycles. The molecule has 0 radical (unpaired) electrons. The molecule has 0 bridgehead atoms. The number of ketones is 1. The van der Waals surface area contributed by atoms with Gasteiger partial charge in [-0.25, -0.2) is 4.79 Å². The van der Waals surface area contributed by atoms with E-state index in [1.54, 1.807) is 6.07 Å². The first-order chi connectivity index (χ1) is 10.8. The van der Waals surface area contributed by atoms with Gasteiger partial charge in [-0.1, -0.05) is 38.2 Å². The normalized spacial score (nSPS) is 17.7. The lowest BCUT2D eigenvalue weighted by molar-refractivity contribution is 0.0478. The molecule has 1 aromatic heterocycles. The maximum Gasteiger partial charge on any atom is 0.408 e. The molecule has 1 amide bonds. The number of hydrogen-bond donors (Lipinski definition) is 1. The molecule has 128 valence electrons. The molecule has 4 nitrogen and oxygen atoms in total. The molecule has 1 saturated carbocycles. The summed E-state index contributed by atoms with van der Waals surface area (Å²) < 4.78 is 0. The molecular formula is C18H27NO3S. The van der Waals surface area contributed by atoms with Gasteiger partial charge in [0, 0.05) is 5.54 Å². The van der Waals surface area contributed by atoms with E-state index in [2.05, 4.69) is 0 Å². The topological polar surface area (TPSA) is 57.6 Å². The predicted molar refractivity (Wildman–Crippen MR) is 93.2 cm³/mol. The minimum Gasteiger partial charge on any atom is -0.465 e. The highest BCUT2D eigenvalue weighted by Crippen LogP contribution is 2.32. The molecule has 1 fully saturated rings. The fourth-order valence-electron chi connectivity index (χ4n) is 3.54. The van der Waals surface area contributed by atoms with Crippen molar-refractivity contribution in [1.82, 2.24) is 4.90 Å². The number of carbonyl (C=O) groups excluding carboxylic acids is 1. The fourth-order valence-corrected chi connectivity index (χ4v) is 4.25. The van der Waals surface area contributed by atoms with Crippen molar-refractivity contribution < 1.29 is 14.7 Å². The van der Waals surface area contributed by atoms with Gasteiger partial charge in [-0.05, 0) is 44.6 Å². The number of nitrogens with zero attached hydrogens (tertiary/aromatic N) is 1. The number of thiophene rings is 1. The molecule has 0 unspecified atom stereocenters. The highest BCUT2D eigenvalue weighted by molar-refractivity contribution is 7.12. The van der Waals surface area contributed by atoms with Crippen molar-refractivity contribution in [3.05, 3.63) is 22.4 Å². The van der Waals surface area contributed by atoms with Crippen molar-refractivity contribution in [2.24, 2.45) is 5.92 Å². The van der Waals surface area contributed by atoms with Crippen LogP contribution >= 0.6 is 11.3 Å². The van der Waals surface area contributed by atoms with Crippen molar-refractivity contribution >= 4 is 23.2 Å². The fraction of sp³-hybridized carbons (Fsp3) is 0.667. The van der Waals surface area contributed by atoms with Gasteiger partial charge in [-0.15, -0.1) is 11.3 Å². The van der Waals surface area contributed by atoms with E-state index in [0.717, 1.165) is 12.8 Å². The molecule has 0 aliphatic heterocycles. The van der Waals surface area contributed by atoms with E-state index in [4.69, 9.17) is 0 Å². The Morgan fingerprint density at radius 2 is 1.96 bits per heavy atom. The lowest BCUT2D eigenvalue weighted by atomic mass is 9.82. The first kappa shape index (κ1) is 18.0. The Labute approximate surface area is 142 Å². The number of carboxylic acid groups (broad SMARTS) is 1. The van der Waals surface area contributed by atoms with Crippen LogP contribution in [0.2, 0.25) is 0 Å². The van der Waals surface area contributed by atoms with Gasteiger partial charge in [-0.2, -0.15) is 0 Å². The Bertz CT molecular complexity index is 527. The zero-order valence-electron chi connectivity index (χ0n) is 14.2. The number of Topliss-reactive ketones (excluding diaryl/α,β-unsaturated/α-hetero) is 1. The molecule has 1 atom stereocenters. The Kier molecular flexibility index (Phi) is 5.84. The number of rotatable bonds is 5. The van der Waals surface area contributed by atoms with Crippen molar-refractivity contribution in [1.29, 1.82) is 0 Å². The van der Waals surface area contributed by atoms with Crippen LogP contribution in [0.4, 0.5) is 4.79 Å². The number of amides is 1. The molecule has 23 heavy (non-hydrogen) atoms. The second-order valence-corrected chi connectivity index (χ2v) is 8.37. The van der Waals surface area contributed by atoms with Gasteiger partial charge in [0.1, 0.15) is 6.04 Å². The smallest absolute Gasteiger partial charge is 0.408 e. The van der Waals surface area contributed by atoms with Gasteiger partial charge in [0.25, 0.3) is 0 Å². The van der Waals surface area contributed by atoms with E-state index in [9.17, 15) is 14.7 Å². The third kappa shape index (κ3) is 4.56. The van der Waals surface area contributed by atoms with Crippen LogP contribution in [0.5, 0.6) is 0 Å². The maximum absolute atomic E-state index is 13.0. The largest absolute Gasteiger partial charge is 0.465 e. The van der Waals surface area contributed by atoms with Crippen molar-refractivity contribution in [2.75, 3.05) is 0 Å². The van der Waals surface area contributed by atoms with Crippen molar-refractivity contribution in [3.63, 3.8) is 0 Å². The highest BCUT2D eigenvalue weighted by Gasteiger charge is 2.39. The minimum absolute atomic E-state index is 0.0529. The molecule has 0 spiro atoms. The molecule has 1 aliphatic rings. The van der Waals surface area contributed by atoms with Crippen LogP contribution < -0.4 is 0 Å². The van der Waals surface area contributed by atoms with E-state index in [1.165, 1.54) is 35.5 Å². The predicted octanol–water partition coefficient (Wildman–Crippen LogP) is 5.05. The van der Waals surface area contributed by atoms with Gasteiger partial charge in [0.2, 0.25) is 0 Å². The molecule has 5 heteroatoms. The van der Waals surface area contributed by atoms with E-state index in [-0.39, 0.29) is 5.78 Å². The maximum atomic E-state index is 13.0. The average Bonchev–Trinajstić information content (AvgIpc) is 2.99. The Hall–Kier alpha value is -1.36. The van der Waals surface area contributed by atoms with E-state index < -0.39 is 17.7 Å². The summed E-state index contributed by atoms with van der Waals surface area (Å²) in [4.78, 5) is 26.9. The summed E-state index contributed by atoms with van der Waals surface area (Å²) in [6.45, 7) is 5.57. The molecule has 0 saturated heterocycles. The van der Waals surface area contributed by atoms with E-state index in [0.29, 0.717) is 17.2 Å². The average molecular weight is 337 g/mol. The van der Waals surface area contributed by atoms with Crippen LogP contribution in [0.1, 0.15) is 69.0 Å². The monoisotopic (exact) mass is 337 g/mol. The van der Waals surface area contributed by atoms with Gasteiger partial charge >= 0.3 is 6.09 Å². The first-order valence-corrected chi connectivity index (χ1v) is 9.28. The molecule has 1 N–H and O–H groups in total. The zero-order chi connectivity index (χ0) is 17.0. The van der Waals surface area contributed by atoms with Crippen LogP contribution in [-0.2, 0) is 0 Å². The van der Waals surface area contributed by atoms with Crippen LogP contribution in [-0.4, -0.2) is 33.5 Å². The SMILES string of the molecule is CC(C)(C)N(C(=O)O)[C@@H](CC1CCCCC1)C(=O)c1cccs1. The third-order valence-electron chi connectivity index (χ3n) is 4.59. The molecule has 1 aromatic rings. The third-order valence-corrected chi connectivity index (χ3v) is 5.47. The molecular weight excluding hydrogens is 310 g/mol. The van der Waals surface area contributed by atoms with Crippen molar-refractivity contribution in [3.8, 4) is 0 Å². The Balaban J connectivity index is 2.29. The molecule has 2 rings (SSSR count). The molecule has 0 aromatic carbocycles. The van der Waals surface area contributed by atoms with Crippen LogP contribution in [0.15, 0.2) is 17.5 Å². The first-order valence-electron chi connectivity index (χ1n) is 8.40. The Morgan fingerprint density at radius 1 is 1.30 bits per heavy atom. The standard InChI is InChI=1S/C18H27NO3S/c1-18(2,3)19(17(21)22)14(12-13-8-5-4-6-9-13)16(20)15-10-7-11-23-15/h7,10-11,13-14H,4-6,8-9,12H2,1-3H3,(H,21,22)/t14-/m0/s1. The van der Waals surface area contributed by atoms with E-state index in [1.807, 2.05) is 32.2 Å². The quantitative estimate of drug-likeness (QED) is 0.765. The van der Waals surface area contributed by atoms with Crippen LogP contribution in [0, 0.1) is 5.92 Å². The summed E-state index contributed by atoms with van der Waals surface area (Å²) in [6.07, 6.45) is 5.46. The number of hydrogen-bond acceptors (Lipinski definition) is 3. The minimum atomic E-state index is -1.01. The van der Waals surface area contributed by atoms with Crippen LogP contribution in [0.3, 0.4) is 0 Å². The van der Waals surface area contributed by atoms with Gasteiger partial charge < -0.3 is 5.11 Å². The summed E-state index contributed by atoms with van der Waals surface area (Å²) in [5.74, 6) is 0.393. The van der Waals surface area contributed by atoms with Gasteiger partial charge in [0.15, 0.2) is 5.78 Å². The lowest BCUT2D eigenvalue weighted by Gasteiger charge is -2.40. The summed E-state index contributed by atoms with van der Waals surface area (Å²) in [5.41, 5.74) is -0.599. The second kappa shape index (κ2) is 7.47. The van der Waals surface area contributed by atoms with Crippen molar-refractivity contribution in [2.45, 2.75) is 70.9 Å². The summed E-state index contributed by atoms with van der Waals surface area (Å²) >= 11 is 1.39. The summed E-state index contributed by atoms with van der Waals surface area (Å²) in [6, 6.07) is 3.05. The zero-order valence-corrected chi connectivity index (χ0v) is 15.1.